The van der Waals surface area contributed by atoms with Gasteiger partial charge in [0.1, 0.15) is 17.9 Å². The van der Waals surface area contributed by atoms with E-state index in [9.17, 15) is 18.3 Å². The van der Waals surface area contributed by atoms with Crippen molar-refractivity contribution in [3.8, 4) is 16.9 Å². The van der Waals surface area contributed by atoms with E-state index in [1.54, 1.807) is 18.2 Å². The molecule has 0 aliphatic carbocycles. The average molecular weight is 514 g/mol. The van der Waals surface area contributed by atoms with Crippen LogP contribution in [0.2, 0.25) is 5.02 Å². The van der Waals surface area contributed by atoms with E-state index in [0.717, 1.165) is 33.0 Å². The van der Waals surface area contributed by atoms with E-state index < -0.39 is 22.5 Å². The van der Waals surface area contributed by atoms with E-state index in [4.69, 9.17) is 16.3 Å². The zero-order valence-electron chi connectivity index (χ0n) is 19.9. The summed E-state index contributed by atoms with van der Waals surface area (Å²) < 4.78 is 34.0. The van der Waals surface area contributed by atoms with Crippen LogP contribution in [0.5, 0.6) is 5.75 Å². The van der Waals surface area contributed by atoms with Gasteiger partial charge >= 0.3 is 5.97 Å². The summed E-state index contributed by atoms with van der Waals surface area (Å²) in [6.07, 6.45) is 1.45. The molecule has 0 bridgehead atoms. The highest BCUT2D eigenvalue weighted by Gasteiger charge is 2.31. The number of benzene rings is 3. The summed E-state index contributed by atoms with van der Waals surface area (Å²) in [6.45, 7) is 5.22. The van der Waals surface area contributed by atoms with Gasteiger partial charge in [-0.05, 0) is 91.8 Å². The van der Waals surface area contributed by atoms with Crippen LogP contribution in [0.15, 0.2) is 65.6 Å². The predicted octanol–water partition coefficient (Wildman–Crippen LogP) is 5.69. The minimum absolute atomic E-state index is 0.0630. The smallest absolute Gasteiger partial charge is 0.318 e. The minimum Gasteiger partial charge on any atom is -0.488 e. The number of hydrogen-bond donors (Lipinski definition) is 1. The van der Waals surface area contributed by atoms with Crippen molar-refractivity contribution in [2.24, 2.45) is 0 Å². The SMILES string of the molecule is Cc1cc(CN(CC(=O)O)S(=O)(=O)c2ccc3c(c2)CCC(C)(C)O3)ccc1-c1cccc(Cl)c1. The second kappa shape index (κ2) is 9.64. The number of halogens is 1. The molecule has 0 saturated carbocycles. The number of rotatable bonds is 7. The van der Waals surface area contributed by atoms with Crippen molar-refractivity contribution < 1.29 is 23.1 Å². The molecular formula is C27H28ClNO5S. The van der Waals surface area contributed by atoms with Gasteiger partial charge in [0.15, 0.2) is 0 Å². The molecule has 1 aliphatic heterocycles. The van der Waals surface area contributed by atoms with Gasteiger partial charge in [0.25, 0.3) is 0 Å². The summed E-state index contributed by atoms with van der Waals surface area (Å²) in [5, 5.41) is 10.1. The molecule has 184 valence electrons. The third-order valence-corrected chi connectivity index (χ3v) is 8.17. The minimum atomic E-state index is -4.06. The number of sulfonamides is 1. The molecule has 35 heavy (non-hydrogen) atoms. The van der Waals surface area contributed by atoms with E-state index in [0.29, 0.717) is 22.8 Å². The fourth-order valence-corrected chi connectivity index (χ4v) is 5.95. The largest absolute Gasteiger partial charge is 0.488 e. The zero-order valence-corrected chi connectivity index (χ0v) is 21.5. The Hall–Kier alpha value is -2.87. The van der Waals surface area contributed by atoms with Crippen LogP contribution >= 0.6 is 11.6 Å². The van der Waals surface area contributed by atoms with Gasteiger partial charge in [0.2, 0.25) is 10.0 Å². The number of fused-ring (bicyclic) bond motifs is 1. The van der Waals surface area contributed by atoms with Crippen molar-refractivity contribution in [2.45, 2.75) is 50.7 Å². The summed E-state index contributed by atoms with van der Waals surface area (Å²) in [4.78, 5) is 11.6. The highest BCUT2D eigenvalue weighted by molar-refractivity contribution is 7.89. The van der Waals surface area contributed by atoms with Gasteiger partial charge < -0.3 is 9.84 Å². The van der Waals surface area contributed by atoms with Gasteiger partial charge in [-0.2, -0.15) is 4.31 Å². The first-order valence-corrected chi connectivity index (χ1v) is 13.2. The summed E-state index contributed by atoms with van der Waals surface area (Å²) in [6, 6.07) is 17.8. The molecular weight excluding hydrogens is 486 g/mol. The molecule has 1 N–H and O–H groups in total. The summed E-state index contributed by atoms with van der Waals surface area (Å²) in [7, 11) is -4.06. The Morgan fingerprint density at radius 3 is 2.57 bits per heavy atom. The lowest BCUT2D eigenvalue weighted by Gasteiger charge is -2.33. The lowest BCUT2D eigenvalue weighted by atomic mass is 9.94. The summed E-state index contributed by atoms with van der Waals surface area (Å²) >= 11 is 6.13. The molecule has 0 unspecified atom stereocenters. The monoisotopic (exact) mass is 513 g/mol. The number of ether oxygens (including phenoxy) is 1. The molecule has 0 spiro atoms. The van der Waals surface area contributed by atoms with E-state index in [2.05, 4.69) is 0 Å². The number of aryl methyl sites for hydroxylation is 2. The summed E-state index contributed by atoms with van der Waals surface area (Å²) in [5.41, 5.74) is 4.06. The Bertz CT molecular complexity index is 1380. The van der Waals surface area contributed by atoms with E-state index in [-0.39, 0.29) is 17.0 Å². The number of carboxylic acids is 1. The Labute approximate surface area is 211 Å². The van der Waals surface area contributed by atoms with Crippen LogP contribution in [0.3, 0.4) is 0 Å². The maximum absolute atomic E-state index is 13.5. The van der Waals surface area contributed by atoms with Gasteiger partial charge in [-0.25, -0.2) is 8.42 Å². The molecule has 3 aromatic rings. The van der Waals surface area contributed by atoms with Crippen molar-refractivity contribution in [1.29, 1.82) is 0 Å². The molecule has 1 heterocycles. The van der Waals surface area contributed by atoms with Crippen LogP contribution in [0.25, 0.3) is 11.1 Å². The third kappa shape index (κ3) is 5.69. The van der Waals surface area contributed by atoms with E-state index in [1.807, 2.05) is 57.2 Å². The molecule has 3 aromatic carbocycles. The maximum atomic E-state index is 13.5. The lowest BCUT2D eigenvalue weighted by molar-refractivity contribution is -0.137. The van der Waals surface area contributed by atoms with Gasteiger partial charge in [-0.1, -0.05) is 41.9 Å². The molecule has 8 heteroatoms. The molecule has 6 nitrogen and oxygen atoms in total. The number of hydrogen-bond acceptors (Lipinski definition) is 4. The molecule has 0 fully saturated rings. The fraction of sp³-hybridized carbons (Fsp3) is 0.296. The molecule has 0 aromatic heterocycles. The fourth-order valence-electron chi connectivity index (χ4n) is 4.33. The van der Waals surface area contributed by atoms with Crippen LogP contribution in [0, 0.1) is 6.92 Å². The molecule has 0 atom stereocenters. The Balaban J connectivity index is 1.63. The molecule has 4 rings (SSSR count). The van der Waals surface area contributed by atoms with Crippen molar-refractivity contribution in [2.75, 3.05) is 6.54 Å². The molecule has 0 saturated heterocycles. The van der Waals surface area contributed by atoms with Crippen molar-refractivity contribution >= 4 is 27.6 Å². The molecule has 0 amide bonds. The van der Waals surface area contributed by atoms with E-state index >= 15 is 0 Å². The zero-order chi connectivity index (χ0) is 25.4. The molecule has 1 aliphatic rings. The van der Waals surface area contributed by atoms with Crippen molar-refractivity contribution in [3.05, 3.63) is 82.4 Å². The Morgan fingerprint density at radius 1 is 1.11 bits per heavy atom. The third-order valence-electron chi connectivity index (χ3n) is 6.15. The number of aliphatic carboxylic acids is 1. The standard InChI is InChI=1S/C27H28ClNO5S/c1-18-13-19(7-9-24(18)20-5-4-6-22(28)14-20)16-29(17-26(30)31)35(32,33)23-8-10-25-21(15-23)11-12-27(2,3)34-25/h4-10,13-15H,11-12,16-17H2,1-3H3,(H,30,31). The number of carboxylic acid groups (broad SMARTS) is 1. The lowest BCUT2D eigenvalue weighted by Crippen LogP contribution is -2.36. The number of nitrogens with zero attached hydrogens (tertiary/aromatic N) is 1. The molecule has 0 radical (unpaired) electrons. The van der Waals surface area contributed by atoms with Gasteiger partial charge in [0, 0.05) is 11.6 Å². The highest BCUT2D eigenvalue weighted by Crippen LogP contribution is 2.35. The second-order valence-corrected chi connectivity index (χ2v) is 11.8. The normalized spacial score (nSPS) is 14.9. The van der Waals surface area contributed by atoms with E-state index in [1.165, 1.54) is 6.07 Å². The van der Waals surface area contributed by atoms with Crippen LogP contribution in [-0.2, 0) is 27.8 Å². The predicted molar refractivity (Wildman–Crippen MR) is 136 cm³/mol. The quantitative estimate of drug-likeness (QED) is 0.438. The van der Waals surface area contributed by atoms with Gasteiger partial charge in [0.05, 0.1) is 4.90 Å². The Kier molecular flexibility index (Phi) is 6.95. The first kappa shape index (κ1) is 25.2. The van der Waals surface area contributed by atoms with Crippen LogP contribution in [0.1, 0.15) is 37.0 Å². The highest BCUT2D eigenvalue weighted by atomic mass is 35.5. The van der Waals surface area contributed by atoms with Gasteiger partial charge in [-0.3, -0.25) is 4.79 Å². The van der Waals surface area contributed by atoms with Crippen molar-refractivity contribution in [1.82, 2.24) is 4.31 Å². The first-order valence-electron chi connectivity index (χ1n) is 11.3. The van der Waals surface area contributed by atoms with Gasteiger partial charge in [-0.15, -0.1) is 0 Å². The van der Waals surface area contributed by atoms with Crippen molar-refractivity contribution in [3.63, 3.8) is 0 Å². The first-order chi connectivity index (χ1) is 16.4. The van der Waals surface area contributed by atoms with Crippen LogP contribution in [0.4, 0.5) is 0 Å². The summed E-state index contributed by atoms with van der Waals surface area (Å²) in [5.74, 6) is -0.555. The Morgan fingerprint density at radius 2 is 1.89 bits per heavy atom. The second-order valence-electron chi connectivity index (χ2n) is 9.46. The maximum Gasteiger partial charge on any atom is 0.318 e. The van der Waals surface area contributed by atoms with Crippen LogP contribution in [-0.4, -0.2) is 35.9 Å². The number of carbonyl (C=O) groups is 1. The topological polar surface area (TPSA) is 83.9 Å². The van der Waals surface area contributed by atoms with Crippen LogP contribution < -0.4 is 4.74 Å². The average Bonchev–Trinajstić information content (AvgIpc) is 2.77.